The predicted molar refractivity (Wildman–Crippen MR) is 127 cm³/mol. The van der Waals surface area contributed by atoms with E-state index < -0.39 is 0 Å². The molecule has 1 unspecified atom stereocenters. The highest BCUT2D eigenvalue weighted by atomic mass is 32.1. The van der Waals surface area contributed by atoms with Crippen LogP contribution in [0.2, 0.25) is 0 Å². The Hall–Kier alpha value is -2.87. The molecule has 0 aliphatic heterocycles. The minimum atomic E-state index is 0.481. The first-order valence-corrected chi connectivity index (χ1v) is 11.5. The van der Waals surface area contributed by atoms with Crippen molar-refractivity contribution < 1.29 is 4.74 Å². The summed E-state index contributed by atoms with van der Waals surface area (Å²) in [5, 5.41) is 17.4. The van der Waals surface area contributed by atoms with Gasteiger partial charge in [0.15, 0.2) is 11.8 Å². The van der Waals surface area contributed by atoms with E-state index in [4.69, 9.17) is 9.73 Å². The summed E-state index contributed by atoms with van der Waals surface area (Å²) in [7, 11) is 3.65. The molecule has 166 valence electrons. The van der Waals surface area contributed by atoms with Gasteiger partial charge in [-0.2, -0.15) is 0 Å². The molecule has 0 spiro atoms. The molecule has 0 saturated heterocycles. The molecule has 1 aromatic carbocycles. The molecule has 1 atom stereocenters. The highest BCUT2D eigenvalue weighted by molar-refractivity contribution is 7.09. The van der Waals surface area contributed by atoms with Crippen molar-refractivity contribution in [2.75, 3.05) is 20.2 Å². The molecule has 2 heterocycles. The quantitative estimate of drug-likeness (QED) is 0.373. The molecule has 2 aromatic heterocycles. The number of nitrogens with one attached hydrogen (secondary N) is 2. The number of methoxy groups -OCH3 is 1. The minimum absolute atomic E-state index is 0.481. The third kappa shape index (κ3) is 7.10. The summed E-state index contributed by atoms with van der Waals surface area (Å²) in [6, 6.07) is 12.5. The second-order valence-electron chi connectivity index (χ2n) is 7.68. The van der Waals surface area contributed by atoms with E-state index >= 15 is 0 Å². The molecule has 0 aliphatic rings. The summed E-state index contributed by atoms with van der Waals surface area (Å²) in [6.45, 7) is 6.32. The fourth-order valence-electron chi connectivity index (χ4n) is 3.15. The van der Waals surface area contributed by atoms with Crippen molar-refractivity contribution in [3.63, 3.8) is 0 Å². The highest BCUT2D eigenvalue weighted by Gasteiger charge is 2.08. The first-order valence-electron chi connectivity index (χ1n) is 10.6. The lowest BCUT2D eigenvalue weighted by molar-refractivity contribution is 0.414. The number of rotatable bonds is 10. The Labute approximate surface area is 188 Å². The molecule has 0 saturated carbocycles. The summed E-state index contributed by atoms with van der Waals surface area (Å²) >= 11 is 1.81. The van der Waals surface area contributed by atoms with Crippen molar-refractivity contribution in [2.45, 2.75) is 33.2 Å². The Balaban J connectivity index is 1.57. The number of ether oxygens (including phenoxy) is 1. The summed E-state index contributed by atoms with van der Waals surface area (Å²) in [6.07, 6.45) is 1.96. The molecular weight excluding hydrogens is 408 g/mol. The molecule has 8 heteroatoms. The van der Waals surface area contributed by atoms with E-state index in [1.165, 1.54) is 10.4 Å². The lowest BCUT2D eigenvalue weighted by atomic mass is 10.1. The van der Waals surface area contributed by atoms with E-state index in [0.717, 1.165) is 49.3 Å². The Morgan fingerprint density at radius 3 is 2.65 bits per heavy atom. The van der Waals surface area contributed by atoms with Crippen molar-refractivity contribution in [3.05, 3.63) is 63.9 Å². The van der Waals surface area contributed by atoms with Gasteiger partial charge < -0.3 is 19.9 Å². The van der Waals surface area contributed by atoms with Gasteiger partial charge in [0.2, 0.25) is 0 Å². The monoisotopic (exact) mass is 440 g/mol. The molecule has 0 radical (unpaired) electrons. The van der Waals surface area contributed by atoms with Gasteiger partial charge in [0, 0.05) is 25.0 Å². The second-order valence-corrected chi connectivity index (χ2v) is 8.71. The van der Waals surface area contributed by atoms with Crippen molar-refractivity contribution >= 4 is 17.3 Å². The zero-order valence-corrected chi connectivity index (χ0v) is 19.6. The van der Waals surface area contributed by atoms with E-state index in [2.05, 4.69) is 57.4 Å². The number of benzene rings is 1. The van der Waals surface area contributed by atoms with Crippen LogP contribution in [-0.4, -0.2) is 40.9 Å². The molecule has 2 N–H and O–H groups in total. The van der Waals surface area contributed by atoms with Crippen LogP contribution in [0.15, 0.2) is 46.8 Å². The molecule has 31 heavy (non-hydrogen) atoms. The van der Waals surface area contributed by atoms with Crippen molar-refractivity contribution in [3.8, 4) is 5.75 Å². The predicted octanol–water partition coefficient (Wildman–Crippen LogP) is 3.35. The maximum Gasteiger partial charge on any atom is 0.191 e. The van der Waals surface area contributed by atoms with Crippen molar-refractivity contribution in [2.24, 2.45) is 18.0 Å². The van der Waals surface area contributed by atoms with Crippen LogP contribution < -0.4 is 15.4 Å². The highest BCUT2D eigenvalue weighted by Crippen LogP contribution is 2.14. The van der Waals surface area contributed by atoms with Crippen molar-refractivity contribution in [1.82, 2.24) is 25.4 Å². The number of aryl methyl sites for hydroxylation is 1. The summed E-state index contributed by atoms with van der Waals surface area (Å²) in [5.74, 6) is 3.91. The second kappa shape index (κ2) is 11.5. The molecule has 3 rings (SSSR count). The van der Waals surface area contributed by atoms with Gasteiger partial charge in [-0.25, -0.2) is 4.99 Å². The fraction of sp³-hybridized carbons (Fsp3) is 0.435. The van der Waals surface area contributed by atoms with E-state index in [9.17, 15) is 0 Å². The number of aromatic nitrogens is 3. The normalized spacial score (nSPS) is 12.6. The first kappa shape index (κ1) is 22.8. The molecule has 0 fully saturated rings. The van der Waals surface area contributed by atoms with Gasteiger partial charge >= 0.3 is 0 Å². The van der Waals surface area contributed by atoms with Gasteiger partial charge in [-0.05, 0) is 54.8 Å². The average molecular weight is 441 g/mol. The number of thiophene rings is 1. The zero-order chi connectivity index (χ0) is 22.1. The molecule has 0 amide bonds. The van der Waals surface area contributed by atoms with E-state index in [0.29, 0.717) is 12.5 Å². The van der Waals surface area contributed by atoms with Crippen LogP contribution in [0.3, 0.4) is 0 Å². The zero-order valence-electron chi connectivity index (χ0n) is 18.8. The standard InChI is InChI=1S/C23H32N6OS/c1-17(14-21-6-5-13-31-21)15-25-23(26-16-22-28-27-18(2)29(22)3)24-12-11-19-7-9-20(30-4)10-8-19/h5-10,13,17H,11-12,14-16H2,1-4H3,(H2,24,25,26). The van der Waals surface area contributed by atoms with Gasteiger partial charge in [-0.1, -0.05) is 25.1 Å². The molecule has 0 aliphatic carbocycles. The van der Waals surface area contributed by atoms with Gasteiger partial charge in [0.05, 0.1) is 7.11 Å². The first-order chi connectivity index (χ1) is 15.0. The molecule has 3 aromatic rings. The third-order valence-electron chi connectivity index (χ3n) is 5.17. The summed E-state index contributed by atoms with van der Waals surface area (Å²) < 4.78 is 7.20. The number of guanidine groups is 1. The van der Waals surface area contributed by atoms with Crippen LogP contribution in [0.25, 0.3) is 0 Å². The number of nitrogens with zero attached hydrogens (tertiary/aromatic N) is 4. The molecule has 7 nitrogen and oxygen atoms in total. The maximum atomic E-state index is 5.23. The van der Waals surface area contributed by atoms with Crippen LogP contribution in [0.1, 0.15) is 29.0 Å². The van der Waals surface area contributed by atoms with E-state index in [-0.39, 0.29) is 0 Å². The van der Waals surface area contributed by atoms with Gasteiger partial charge in [-0.15, -0.1) is 21.5 Å². The van der Waals surface area contributed by atoms with E-state index in [1.54, 1.807) is 7.11 Å². The lowest BCUT2D eigenvalue weighted by Gasteiger charge is -2.16. The topological polar surface area (TPSA) is 76.4 Å². The van der Waals surface area contributed by atoms with Crippen LogP contribution in [0, 0.1) is 12.8 Å². The van der Waals surface area contributed by atoms with Gasteiger partial charge in [0.25, 0.3) is 0 Å². The molecular formula is C23H32N6OS. The van der Waals surface area contributed by atoms with Gasteiger partial charge in [-0.3, -0.25) is 0 Å². The van der Waals surface area contributed by atoms with E-state index in [1.807, 2.05) is 42.0 Å². The maximum absolute atomic E-state index is 5.23. The van der Waals surface area contributed by atoms with Crippen LogP contribution in [0.5, 0.6) is 5.75 Å². The van der Waals surface area contributed by atoms with Gasteiger partial charge in [0.1, 0.15) is 18.1 Å². The fourth-order valence-corrected chi connectivity index (χ4v) is 4.02. The SMILES string of the molecule is COc1ccc(CCNC(=NCc2nnc(C)n2C)NCC(C)Cc2cccs2)cc1. The smallest absolute Gasteiger partial charge is 0.191 e. The average Bonchev–Trinajstić information content (AvgIpc) is 3.40. The lowest BCUT2D eigenvalue weighted by Crippen LogP contribution is -2.40. The van der Waals surface area contributed by atoms with Crippen LogP contribution in [0.4, 0.5) is 0 Å². The Morgan fingerprint density at radius 2 is 2.00 bits per heavy atom. The third-order valence-corrected chi connectivity index (χ3v) is 6.07. The minimum Gasteiger partial charge on any atom is -0.497 e. The number of aliphatic imine (C=N–C) groups is 1. The Bertz CT molecular complexity index is 949. The summed E-state index contributed by atoms with van der Waals surface area (Å²) in [5.41, 5.74) is 1.25. The van der Waals surface area contributed by atoms with Crippen LogP contribution >= 0.6 is 11.3 Å². The Morgan fingerprint density at radius 1 is 1.19 bits per heavy atom. The number of hydrogen-bond acceptors (Lipinski definition) is 5. The largest absolute Gasteiger partial charge is 0.497 e. The van der Waals surface area contributed by atoms with Crippen LogP contribution in [-0.2, 0) is 26.4 Å². The molecule has 0 bridgehead atoms. The van der Waals surface area contributed by atoms with Crippen molar-refractivity contribution in [1.29, 1.82) is 0 Å². The number of hydrogen-bond donors (Lipinski definition) is 2. The summed E-state index contributed by atoms with van der Waals surface area (Å²) in [4.78, 5) is 6.16. The Kier molecular flexibility index (Phi) is 8.46.